The van der Waals surface area contributed by atoms with Crippen molar-refractivity contribution in [1.29, 1.82) is 0 Å². The van der Waals surface area contributed by atoms with Crippen molar-refractivity contribution < 1.29 is 4.74 Å². The van der Waals surface area contributed by atoms with Crippen LogP contribution in [0.25, 0.3) is 0 Å². The number of ether oxygens (including phenoxy) is 1. The molecule has 0 amide bonds. The smallest absolute Gasteiger partial charge is 0.299 e. The SMILES string of the molecule is COc1nc(C)cc(=O)n1CCC1CCCCN1. The van der Waals surface area contributed by atoms with Crippen LogP contribution in [0.1, 0.15) is 31.4 Å². The molecule has 0 aromatic carbocycles. The van der Waals surface area contributed by atoms with Crippen molar-refractivity contribution in [3.05, 3.63) is 22.1 Å². The Kier molecular flexibility index (Phi) is 4.36. The number of nitrogens with zero attached hydrogens (tertiary/aromatic N) is 2. The van der Waals surface area contributed by atoms with E-state index in [0.29, 0.717) is 24.3 Å². The third-order valence-corrected chi connectivity index (χ3v) is 3.40. The van der Waals surface area contributed by atoms with Crippen LogP contribution < -0.4 is 15.6 Å². The molecule has 2 rings (SSSR count). The average Bonchev–Trinajstić information content (AvgIpc) is 2.38. The maximum atomic E-state index is 11.9. The topological polar surface area (TPSA) is 56.1 Å². The molecule has 0 radical (unpaired) electrons. The summed E-state index contributed by atoms with van der Waals surface area (Å²) in [5, 5.41) is 3.48. The van der Waals surface area contributed by atoms with Gasteiger partial charge in [-0.3, -0.25) is 9.36 Å². The van der Waals surface area contributed by atoms with E-state index < -0.39 is 0 Å². The van der Waals surface area contributed by atoms with Gasteiger partial charge in [0.15, 0.2) is 0 Å². The highest BCUT2D eigenvalue weighted by Crippen LogP contribution is 2.12. The summed E-state index contributed by atoms with van der Waals surface area (Å²) in [6.45, 7) is 3.55. The standard InChI is InChI=1S/C13H21N3O2/c1-10-9-12(17)16(13(15-10)18-2)8-6-11-5-3-4-7-14-11/h9,11,14H,3-8H2,1-2H3. The highest BCUT2D eigenvalue weighted by atomic mass is 16.5. The molecule has 1 saturated heterocycles. The predicted molar refractivity (Wildman–Crippen MR) is 70.0 cm³/mol. The number of aryl methyl sites for hydroxylation is 1. The zero-order valence-electron chi connectivity index (χ0n) is 11.1. The van der Waals surface area contributed by atoms with Crippen LogP contribution in [0.15, 0.2) is 10.9 Å². The minimum absolute atomic E-state index is 0.0323. The van der Waals surface area contributed by atoms with Crippen LogP contribution in [0.2, 0.25) is 0 Å². The Morgan fingerprint density at radius 3 is 3.06 bits per heavy atom. The van der Waals surface area contributed by atoms with E-state index in [-0.39, 0.29) is 5.56 Å². The van der Waals surface area contributed by atoms with Crippen molar-refractivity contribution in [2.24, 2.45) is 0 Å². The third-order valence-electron chi connectivity index (χ3n) is 3.40. The van der Waals surface area contributed by atoms with E-state index in [1.165, 1.54) is 19.3 Å². The summed E-state index contributed by atoms with van der Waals surface area (Å²) >= 11 is 0. The van der Waals surface area contributed by atoms with Gasteiger partial charge in [-0.25, -0.2) is 4.98 Å². The second-order valence-corrected chi connectivity index (χ2v) is 4.81. The predicted octanol–water partition coefficient (Wildman–Crippen LogP) is 1.09. The fourth-order valence-electron chi connectivity index (χ4n) is 2.41. The molecule has 1 aromatic heterocycles. The first-order chi connectivity index (χ1) is 8.70. The highest BCUT2D eigenvalue weighted by molar-refractivity contribution is 5.06. The second kappa shape index (κ2) is 6.00. The summed E-state index contributed by atoms with van der Waals surface area (Å²) < 4.78 is 6.79. The summed E-state index contributed by atoms with van der Waals surface area (Å²) in [5.74, 6) is 0. The lowest BCUT2D eigenvalue weighted by Gasteiger charge is -2.23. The molecule has 1 aromatic rings. The van der Waals surface area contributed by atoms with E-state index in [4.69, 9.17) is 4.74 Å². The van der Waals surface area contributed by atoms with Crippen molar-refractivity contribution >= 4 is 0 Å². The van der Waals surface area contributed by atoms with Crippen LogP contribution in [0.3, 0.4) is 0 Å². The molecule has 100 valence electrons. The number of piperidine rings is 1. The van der Waals surface area contributed by atoms with Crippen molar-refractivity contribution in [3.63, 3.8) is 0 Å². The second-order valence-electron chi connectivity index (χ2n) is 4.81. The fourth-order valence-corrected chi connectivity index (χ4v) is 2.41. The maximum absolute atomic E-state index is 11.9. The fraction of sp³-hybridized carbons (Fsp3) is 0.692. The normalized spacial score (nSPS) is 19.8. The first-order valence-electron chi connectivity index (χ1n) is 6.56. The Balaban J connectivity index is 2.06. The first-order valence-corrected chi connectivity index (χ1v) is 6.56. The van der Waals surface area contributed by atoms with Gasteiger partial charge in [0.1, 0.15) is 0 Å². The number of nitrogens with one attached hydrogen (secondary N) is 1. The Labute approximate surface area is 107 Å². The summed E-state index contributed by atoms with van der Waals surface area (Å²) in [5.41, 5.74) is 0.666. The molecule has 1 aliphatic rings. The molecular formula is C13H21N3O2. The monoisotopic (exact) mass is 251 g/mol. The van der Waals surface area contributed by atoms with Crippen LogP contribution in [-0.2, 0) is 6.54 Å². The van der Waals surface area contributed by atoms with Crippen LogP contribution in [0, 0.1) is 6.92 Å². The van der Waals surface area contributed by atoms with Gasteiger partial charge >= 0.3 is 0 Å². The van der Waals surface area contributed by atoms with Gasteiger partial charge in [0, 0.05) is 24.3 Å². The van der Waals surface area contributed by atoms with Crippen molar-refractivity contribution in [2.75, 3.05) is 13.7 Å². The molecule has 5 nitrogen and oxygen atoms in total. The summed E-state index contributed by atoms with van der Waals surface area (Å²) in [6.07, 6.45) is 4.67. The summed E-state index contributed by atoms with van der Waals surface area (Å²) in [4.78, 5) is 16.2. The lowest BCUT2D eigenvalue weighted by atomic mass is 10.0. The number of rotatable bonds is 4. The minimum Gasteiger partial charge on any atom is -0.468 e. The lowest BCUT2D eigenvalue weighted by Crippen LogP contribution is -2.36. The Morgan fingerprint density at radius 2 is 2.39 bits per heavy atom. The van der Waals surface area contributed by atoms with Gasteiger partial charge in [0.2, 0.25) is 0 Å². The van der Waals surface area contributed by atoms with Crippen LogP contribution >= 0.6 is 0 Å². The zero-order valence-corrected chi connectivity index (χ0v) is 11.1. The van der Waals surface area contributed by atoms with Gasteiger partial charge in [-0.05, 0) is 32.7 Å². The minimum atomic E-state index is -0.0323. The molecule has 1 N–H and O–H groups in total. The Hall–Kier alpha value is -1.36. The molecule has 0 spiro atoms. The van der Waals surface area contributed by atoms with Crippen LogP contribution in [0.5, 0.6) is 6.01 Å². The Bertz CT molecular complexity index is 450. The van der Waals surface area contributed by atoms with E-state index in [1.54, 1.807) is 24.7 Å². The Morgan fingerprint density at radius 1 is 1.56 bits per heavy atom. The van der Waals surface area contributed by atoms with Crippen molar-refractivity contribution in [2.45, 2.75) is 45.2 Å². The van der Waals surface area contributed by atoms with Gasteiger partial charge in [-0.15, -0.1) is 0 Å². The van der Waals surface area contributed by atoms with E-state index >= 15 is 0 Å². The average molecular weight is 251 g/mol. The zero-order chi connectivity index (χ0) is 13.0. The van der Waals surface area contributed by atoms with E-state index in [2.05, 4.69) is 10.3 Å². The molecule has 2 heterocycles. The van der Waals surface area contributed by atoms with Crippen LogP contribution in [0.4, 0.5) is 0 Å². The summed E-state index contributed by atoms with van der Waals surface area (Å²) in [7, 11) is 1.55. The molecule has 18 heavy (non-hydrogen) atoms. The van der Waals surface area contributed by atoms with E-state index in [9.17, 15) is 4.79 Å². The molecule has 1 atom stereocenters. The van der Waals surface area contributed by atoms with E-state index in [1.807, 2.05) is 0 Å². The van der Waals surface area contributed by atoms with Gasteiger partial charge in [0.05, 0.1) is 7.11 Å². The molecule has 1 unspecified atom stereocenters. The number of hydrogen-bond acceptors (Lipinski definition) is 4. The molecule has 0 aliphatic carbocycles. The van der Waals surface area contributed by atoms with Gasteiger partial charge in [0.25, 0.3) is 11.6 Å². The maximum Gasteiger partial charge on any atom is 0.299 e. The number of methoxy groups -OCH3 is 1. The molecule has 1 aliphatic heterocycles. The largest absolute Gasteiger partial charge is 0.468 e. The molecule has 0 bridgehead atoms. The van der Waals surface area contributed by atoms with Crippen molar-refractivity contribution in [1.82, 2.24) is 14.9 Å². The summed E-state index contributed by atoms with van der Waals surface area (Å²) in [6, 6.07) is 2.48. The first kappa shape index (κ1) is 13.1. The van der Waals surface area contributed by atoms with Gasteiger partial charge in [-0.1, -0.05) is 6.42 Å². The molecular weight excluding hydrogens is 230 g/mol. The molecule has 1 fully saturated rings. The lowest BCUT2D eigenvalue weighted by molar-refractivity contribution is 0.321. The molecule has 5 heteroatoms. The molecule has 0 saturated carbocycles. The van der Waals surface area contributed by atoms with Gasteiger partial charge < -0.3 is 10.1 Å². The van der Waals surface area contributed by atoms with Crippen LogP contribution in [-0.4, -0.2) is 29.2 Å². The van der Waals surface area contributed by atoms with E-state index in [0.717, 1.165) is 13.0 Å². The highest BCUT2D eigenvalue weighted by Gasteiger charge is 2.14. The quantitative estimate of drug-likeness (QED) is 0.870. The third kappa shape index (κ3) is 3.10. The number of hydrogen-bond donors (Lipinski definition) is 1. The number of aromatic nitrogens is 2. The van der Waals surface area contributed by atoms with Crippen molar-refractivity contribution in [3.8, 4) is 6.01 Å². The van der Waals surface area contributed by atoms with Gasteiger partial charge in [-0.2, -0.15) is 0 Å².